The molecule has 4 rings (SSSR count). The van der Waals surface area contributed by atoms with E-state index in [9.17, 15) is 14.0 Å². The Morgan fingerprint density at radius 1 is 1.12 bits per heavy atom. The molecule has 0 spiro atoms. The van der Waals surface area contributed by atoms with E-state index in [1.807, 2.05) is 0 Å². The molecule has 180 valence electrons. The van der Waals surface area contributed by atoms with Gasteiger partial charge in [0.25, 0.3) is 5.91 Å². The Morgan fingerprint density at radius 3 is 2.38 bits per heavy atom. The summed E-state index contributed by atoms with van der Waals surface area (Å²) < 4.78 is 46.4. The minimum atomic E-state index is -2.07. The van der Waals surface area contributed by atoms with Gasteiger partial charge in [-0.25, -0.2) is 13.2 Å². The number of fused-ring (bicyclic) bond motifs is 1. The van der Waals surface area contributed by atoms with Crippen molar-refractivity contribution in [3.8, 4) is 11.3 Å². The average molecular weight is 473 g/mol. The highest BCUT2D eigenvalue weighted by molar-refractivity contribution is 5.97. The summed E-state index contributed by atoms with van der Waals surface area (Å²) in [5.41, 5.74) is 0.107. The predicted molar refractivity (Wildman–Crippen MR) is 121 cm³/mol. The van der Waals surface area contributed by atoms with Gasteiger partial charge in [0.05, 0.1) is 17.3 Å². The van der Waals surface area contributed by atoms with Crippen molar-refractivity contribution in [2.75, 3.05) is 0 Å². The van der Waals surface area contributed by atoms with Crippen molar-refractivity contribution in [1.29, 1.82) is 0 Å². The molecule has 1 saturated carbocycles. The van der Waals surface area contributed by atoms with Crippen LogP contribution in [0.2, 0.25) is 0 Å². The number of carbonyl (C=O) groups excluding carboxylic acids is 1. The van der Waals surface area contributed by atoms with Crippen molar-refractivity contribution in [3.63, 3.8) is 0 Å². The number of carboxylic acids is 1. The Bertz CT molecular complexity index is 1230. The molecule has 0 bridgehead atoms. The lowest BCUT2D eigenvalue weighted by molar-refractivity contribution is -0.140. The maximum atomic E-state index is 15.3. The molecule has 1 aromatic heterocycles. The third-order valence-corrected chi connectivity index (χ3v) is 6.82. The third kappa shape index (κ3) is 4.51. The molecule has 0 radical (unpaired) electrons. The summed E-state index contributed by atoms with van der Waals surface area (Å²) in [6, 6.07) is 11.0. The number of nitrogens with one attached hydrogen (secondary N) is 1. The number of nitrogens with zero attached hydrogens (tertiary/aromatic N) is 2. The second-order valence-electron chi connectivity index (χ2n) is 9.14. The maximum absolute atomic E-state index is 15.3. The van der Waals surface area contributed by atoms with Gasteiger partial charge >= 0.3 is 5.97 Å². The highest BCUT2D eigenvalue weighted by atomic mass is 19.2. The summed E-state index contributed by atoms with van der Waals surface area (Å²) in [4.78, 5) is 23.6. The lowest BCUT2D eigenvalue weighted by atomic mass is 9.74. The zero-order chi connectivity index (χ0) is 24.7. The number of alkyl halides is 2. The standard InChI is InChI=1S/C25H26F3N3O3/c1-15(14-20(32)33)24(27)10-12-25(28,13-11-24)29-23(34)17-8-6-16(7-9-17)22-21-18(26)4-3-5-19(21)31(2)30-22/h3-9,15H,10-14H2,1-2H3,(H,29,34)(H,32,33). The Labute approximate surface area is 194 Å². The number of aromatic nitrogens is 2. The number of carboxylic acid groups (broad SMARTS) is 1. The van der Waals surface area contributed by atoms with E-state index in [2.05, 4.69) is 10.4 Å². The Morgan fingerprint density at radius 2 is 1.76 bits per heavy atom. The number of hydrogen-bond donors (Lipinski definition) is 2. The predicted octanol–water partition coefficient (Wildman–Crippen LogP) is 5.17. The summed E-state index contributed by atoms with van der Waals surface area (Å²) >= 11 is 0. The van der Waals surface area contributed by atoms with E-state index in [1.54, 1.807) is 36.0 Å². The molecule has 1 unspecified atom stereocenters. The lowest BCUT2D eigenvalue weighted by Crippen LogP contribution is -2.51. The van der Waals surface area contributed by atoms with Crippen LogP contribution in [0.1, 0.15) is 49.4 Å². The minimum Gasteiger partial charge on any atom is -0.481 e. The van der Waals surface area contributed by atoms with Crippen molar-refractivity contribution >= 4 is 22.8 Å². The van der Waals surface area contributed by atoms with Crippen molar-refractivity contribution in [2.24, 2.45) is 13.0 Å². The Kier molecular flexibility index (Phi) is 6.14. The largest absolute Gasteiger partial charge is 0.481 e. The zero-order valence-corrected chi connectivity index (χ0v) is 18.9. The van der Waals surface area contributed by atoms with E-state index in [4.69, 9.17) is 5.11 Å². The van der Waals surface area contributed by atoms with E-state index in [0.29, 0.717) is 22.2 Å². The number of halogens is 3. The van der Waals surface area contributed by atoms with Crippen LogP contribution >= 0.6 is 0 Å². The van der Waals surface area contributed by atoms with E-state index in [-0.39, 0.29) is 37.7 Å². The fourth-order valence-corrected chi connectivity index (χ4v) is 4.65. The van der Waals surface area contributed by atoms with Crippen LogP contribution in [0.25, 0.3) is 22.2 Å². The maximum Gasteiger partial charge on any atom is 0.303 e. The summed E-state index contributed by atoms with van der Waals surface area (Å²) in [5.74, 6) is -4.96. The lowest BCUT2D eigenvalue weighted by Gasteiger charge is -2.41. The molecular formula is C25H26F3N3O3. The molecule has 9 heteroatoms. The number of aryl methyl sites for hydroxylation is 1. The van der Waals surface area contributed by atoms with Gasteiger partial charge in [-0.2, -0.15) is 5.10 Å². The number of hydrogen-bond acceptors (Lipinski definition) is 3. The number of aliphatic carboxylic acids is 1. The van der Waals surface area contributed by atoms with Gasteiger partial charge < -0.3 is 10.4 Å². The molecule has 34 heavy (non-hydrogen) atoms. The first-order valence-corrected chi connectivity index (χ1v) is 11.2. The molecule has 1 atom stereocenters. The van der Waals surface area contributed by atoms with Crippen molar-refractivity contribution < 1.29 is 27.9 Å². The Hall–Kier alpha value is -3.36. The third-order valence-electron chi connectivity index (χ3n) is 6.82. The van der Waals surface area contributed by atoms with Crippen LogP contribution in [0.4, 0.5) is 13.2 Å². The average Bonchev–Trinajstić information content (AvgIpc) is 3.13. The summed E-state index contributed by atoms with van der Waals surface area (Å²) in [6.07, 6.45) is -1.15. The molecular weight excluding hydrogens is 447 g/mol. The molecule has 1 heterocycles. The fourth-order valence-electron chi connectivity index (χ4n) is 4.65. The van der Waals surface area contributed by atoms with Crippen LogP contribution in [0, 0.1) is 11.7 Å². The van der Waals surface area contributed by atoms with Gasteiger partial charge in [0.15, 0.2) is 5.79 Å². The zero-order valence-electron chi connectivity index (χ0n) is 18.9. The quantitative estimate of drug-likeness (QED) is 0.484. The summed E-state index contributed by atoms with van der Waals surface area (Å²) in [5, 5.41) is 16.0. The van der Waals surface area contributed by atoms with E-state index in [1.165, 1.54) is 25.1 Å². The molecule has 0 saturated heterocycles. The number of amides is 1. The van der Waals surface area contributed by atoms with Crippen molar-refractivity contribution in [1.82, 2.24) is 15.1 Å². The molecule has 3 aromatic rings. The fraction of sp³-hybridized carbons (Fsp3) is 0.400. The first-order valence-electron chi connectivity index (χ1n) is 11.2. The smallest absolute Gasteiger partial charge is 0.303 e. The van der Waals surface area contributed by atoms with Gasteiger partial charge in [-0.15, -0.1) is 0 Å². The van der Waals surface area contributed by atoms with Crippen LogP contribution in [0.3, 0.4) is 0 Å². The molecule has 2 N–H and O–H groups in total. The molecule has 1 fully saturated rings. The van der Waals surface area contributed by atoms with E-state index in [0.717, 1.165) is 0 Å². The van der Waals surface area contributed by atoms with Crippen molar-refractivity contribution in [2.45, 2.75) is 50.5 Å². The van der Waals surface area contributed by atoms with E-state index < -0.39 is 35.1 Å². The van der Waals surface area contributed by atoms with Crippen LogP contribution in [-0.2, 0) is 11.8 Å². The van der Waals surface area contributed by atoms with Gasteiger partial charge in [0.1, 0.15) is 17.2 Å². The monoisotopic (exact) mass is 473 g/mol. The Balaban J connectivity index is 1.46. The molecule has 0 aliphatic heterocycles. The van der Waals surface area contributed by atoms with Crippen molar-refractivity contribution in [3.05, 3.63) is 53.8 Å². The molecule has 1 aliphatic carbocycles. The number of rotatable bonds is 6. The summed E-state index contributed by atoms with van der Waals surface area (Å²) in [6.45, 7) is 1.51. The van der Waals surface area contributed by atoms with Gasteiger partial charge in [0, 0.05) is 36.9 Å². The highest BCUT2D eigenvalue weighted by Gasteiger charge is 2.47. The molecule has 2 aromatic carbocycles. The summed E-state index contributed by atoms with van der Waals surface area (Å²) in [7, 11) is 1.71. The highest BCUT2D eigenvalue weighted by Crippen LogP contribution is 2.44. The van der Waals surface area contributed by atoms with Crippen LogP contribution in [0.5, 0.6) is 0 Å². The van der Waals surface area contributed by atoms with Crippen LogP contribution in [0.15, 0.2) is 42.5 Å². The SMILES string of the molecule is CC(CC(=O)O)C1(F)CCC(F)(NC(=O)c2ccc(-c3nn(C)c4cccc(F)c34)cc2)CC1. The topological polar surface area (TPSA) is 84.2 Å². The molecule has 1 amide bonds. The van der Waals surface area contributed by atoms with Gasteiger partial charge in [0.2, 0.25) is 0 Å². The van der Waals surface area contributed by atoms with Crippen LogP contribution in [-0.4, -0.2) is 38.2 Å². The normalized spacial score (nSPS) is 23.6. The molecule has 1 aliphatic rings. The first-order chi connectivity index (χ1) is 16.0. The minimum absolute atomic E-state index is 0.171. The second kappa shape index (κ2) is 8.77. The number of benzene rings is 2. The van der Waals surface area contributed by atoms with Gasteiger partial charge in [-0.1, -0.05) is 25.1 Å². The van der Waals surface area contributed by atoms with E-state index >= 15 is 8.78 Å². The number of carbonyl (C=O) groups is 2. The van der Waals surface area contributed by atoms with Crippen LogP contribution < -0.4 is 5.32 Å². The first kappa shape index (κ1) is 23.8. The van der Waals surface area contributed by atoms with Gasteiger partial charge in [-0.3, -0.25) is 14.3 Å². The second-order valence-corrected chi connectivity index (χ2v) is 9.14. The van der Waals surface area contributed by atoms with Gasteiger partial charge in [-0.05, 0) is 37.1 Å². The molecule has 6 nitrogen and oxygen atoms in total.